The first-order valence-electron chi connectivity index (χ1n) is 7.54. The maximum atomic E-state index is 2.54. The first kappa shape index (κ1) is 16.6. The van der Waals surface area contributed by atoms with Crippen LogP contribution in [0.2, 0.25) is 29.6 Å². The molecule has 4 aromatic heterocycles. The second-order valence-corrected chi connectivity index (χ2v) is 43.5. The summed E-state index contributed by atoms with van der Waals surface area (Å²) >= 11 is 4.44. The van der Waals surface area contributed by atoms with Crippen LogP contribution in [0.3, 0.4) is 0 Å². The van der Waals surface area contributed by atoms with Crippen molar-refractivity contribution in [3.8, 4) is 0 Å². The van der Waals surface area contributed by atoms with Crippen molar-refractivity contribution in [2.45, 2.75) is 29.6 Å². The third-order valence-electron chi connectivity index (χ3n) is 3.96. The van der Waals surface area contributed by atoms with Gasteiger partial charge in [0.15, 0.2) is 0 Å². The topological polar surface area (TPSA) is 0 Å². The molecule has 0 aliphatic rings. The Morgan fingerprint density at radius 2 is 0.955 bits per heavy atom. The Bertz CT molecular complexity index is 916. The molecule has 116 valence electrons. The van der Waals surface area contributed by atoms with Crippen LogP contribution in [0.5, 0.6) is 0 Å². The van der Waals surface area contributed by atoms with Gasteiger partial charge in [-0.1, -0.05) is 0 Å². The molecular weight excluding hydrogens is 558 g/mol. The molecule has 0 saturated heterocycles. The summed E-state index contributed by atoms with van der Waals surface area (Å²) in [5, 5.41) is 3.11. The van der Waals surface area contributed by atoms with Crippen molar-refractivity contribution in [3.05, 3.63) is 12.1 Å². The van der Waals surface area contributed by atoms with Crippen molar-refractivity contribution < 1.29 is 0 Å². The van der Waals surface area contributed by atoms with Crippen LogP contribution in [0.1, 0.15) is 0 Å². The van der Waals surface area contributed by atoms with Gasteiger partial charge in [0, 0.05) is 0 Å². The Morgan fingerprint density at radius 3 is 1.27 bits per heavy atom. The molecule has 22 heavy (non-hydrogen) atoms. The SMILES string of the molecule is [CH3][Sn]([CH3])([CH3])[c]1cc2c(s1)sc1c3c[c]([Sn]([CH3])([CH3])[CH3])sc3sc21. The zero-order valence-corrected chi connectivity index (χ0v) is 22.8. The van der Waals surface area contributed by atoms with E-state index in [0.717, 1.165) is 0 Å². The number of thiophene rings is 4. The van der Waals surface area contributed by atoms with Crippen molar-refractivity contribution in [2.75, 3.05) is 0 Å². The van der Waals surface area contributed by atoms with Crippen molar-refractivity contribution >= 4 is 116 Å². The Labute approximate surface area is 155 Å². The summed E-state index contributed by atoms with van der Waals surface area (Å²) in [5.41, 5.74) is 0. The van der Waals surface area contributed by atoms with Crippen LogP contribution in [0, 0.1) is 0 Å². The first-order valence-corrected chi connectivity index (χ1v) is 30.8. The van der Waals surface area contributed by atoms with Gasteiger partial charge in [0.25, 0.3) is 0 Å². The fourth-order valence-corrected chi connectivity index (χ4v) is 19.8. The molecule has 0 amide bonds. The summed E-state index contributed by atoms with van der Waals surface area (Å²) in [7, 11) is 0. The summed E-state index contributed by atoms with van der Waals surface area (Å²) in [5.74, 6) is 0. The Morgan fingerprint density at radius 1 is 0.591 bits per heavy atom. The molecule has 0 N–H and O–H groups in total. The summed E-state index contributed by atoms with van der Waals surface area (Å²) in [4.78, 5) is 15.1. The molecule has 0 saturated carbocycles. The first-order chi connectivity index (χ1) is 10.1. The summed E-state index contributed by atoms with van der Waals surface area (Å²) in [6, 6.07) is 5.08. The van der Waals surface area contributed by atoms with E-state index >= 15 is 0 Å². The number of hydrogen-bond acceptors (Lipinski definition) is 4. The molecule has 4 rings (SSSR count). The van der Waals surface area contributed by atoms with E-state index in [4.69, 9.17) is 0 Å². The summed E-state index contributed by atoms with van der Waals surface area (Å²) in [6.07, 6.45) is 0. The Balaban J connectivity index is 1.97. The maximum absolute atomic E-state index is 2.54. The zero-order chi connectivity index (χ0) is 15.9. The standard InChI is InChI=1S/C10H2S4.6CH3.2Sn/c1-3-11-9-5(1)7-8(14-9)6-2-4-12-10(6)13-7;;;;;;;;/h1-2H;6*1H3;;. The average molecular weight is 578 g/mol. The summed E-state index contributed by atoms with van der Waals surface area (Å²) in [6.45, 7) is 0. The van der Waals surface area contributed by atoms with Gasteiger partial charge in [0.1, 0.15) is 0 Å². The molecule has 0 spiro atoms. The van der Waals surface area contributed by atoms with Gasteiger partial charge in [-0.05, 0) is 0 Å². The third-order valence-corrected chi connectivity index (χ3v) is 27.9. The van der Waals surface area contributed by atoms with Crippen LogP contribution in [0.4, 0.5) is 0 Å². The van der Waals surface area contributed by atoms with Gasteiger partial charge in [-0.25, -0.2) is 0 Å². The number of hydrogen-bond donors (Lipinski definition) is 0. The van der Waals surface area contributed by atoms with Crippen molar-refractivity contribution in [1.29, 1.82) is 0 Å². The molecule has 0 radical (unpaired) electrons. The molecule has 0 nitrogen and oxygen atoms in total. The van der Waals surface area contributed by atoms with Crippen LogP contribution in [-0.4, -0.2) is 36.8 Å². The fraction of sp³-hybridized carbons (Fsp3) is 0.375. The van der Waals surface area contributed by atoms with E-state index in [1.54, 1.807) is 34.0 Å². The van der Waals surface area contributed by atoms with E-state index < -0.39 is 36.8 Å². The molecule has 0 aliphatic carbocycles. The van der Waals surface area contributed by atoms with Gasteiger partial charge in [0.2, 0.25) is 0 Å². The predicted octanol–water partition coefficient (Wildman–Crippen LogP) is 6.48. The average Bonchev–Trinajstić information content (AvgIpc) is 3.02. The third kappa shape index (κ3) is 2.64. The zero-order valence-electron chi connectivity index (χ0n) is 13.8. The number of fused-ring (bicyclic) bond motifs is 5. The second-order valence-electron chi connectivity index (χ2n) is 7.99. The van der Waals surface area contributed by atoms with Gasteiger partial charge in [-0.2, -0.15) is 0 Å². The monoisotopic (exact) mass is 580 g/mol. The molecule has 0 aromatic carbocycles. The van der Waals surface area contributed by atoms with Crippen molar-refractivity contribution in [3.63, 3.8) is 0 Å². The van der Waals surface area contributed by atoms with Crippen LogP contribution < -0.4 is 5.79 Å². The van der Waals surface area contributed by atoms with Crippen molar-refractivity contribution in [2.24, 2.45) is 0 Å². The van der Waals surface area contributed by atoms with Crippen LogP contribution in [0.25, 0.3) is 28.2 Å². The van der Waals surface area contributed by atoms with Gasteiger partial charge < -0.3 is 0 Å². The van der Waals surface area contributed by atoms with E-state index in [2.05, 4.69) is 87.1 Å². The van der Waals surface area contributed by atoms with E-state index in [1.165, 1.54) is 0 Å². The van der Waals surface area contributed by atoms with Gasteiger partial charge >= 0.3 is 158 Å². The van der Waals surface area contributed by atoms with Crippen LogP contribution in [-0.2, 0) is 0 Å². The Hall–Kier alpha value is 1.18. The van der Waals surface area contributed by atoms with Crippen LogP contribution in [0.15, 0.2) is 12.1 Å². The molecule has 0 unspecified atom stereocenters. The normalized spacial score (nSPS) is 13.9. The van der Waals surface area contributed by atoms with Gasteiger partial charge in [-0.15, -0.1) is 0 Å². The van der Waals surface area contributed by atoms with Gasteiger partial charge in [-0.3, -0.25) is 0 Å². The molecule has 6 heteroatoms. The molecule has 0 atom stereocenters. The fourth-order valence-electron chi connectivity index (χ4n) is 2.59. The predicted molar refractivity (Wildman–Crippen MR) is 116 cm³/mol. The molecular formula is C16H20S4Sn2. The Kier molecular flexibility index (Phi) is 4.03. The molecule has 4 aromatic rings. The second kappa shape index (κ2) is 5.34. The van der Waals surface area contributed by atoms with Gasteiger partial charge in [0.05, 0.1) is 0 Å². The quantitative estimate of drug-likeness (QED) is 0.239. The minimum absolute atomic E-state index is 1.56. The number of rotatable bonds is 2. The summed E-state index contributed by atoms with van der Waals surface area (Å²) < 4.78 is 9.71. The van der Waals surface area contributed by atoms with E-state index in [-0.39, 0.29) is 0 Å². The van der Waals surface area contributed by atoms with E-state index in [1.807, 2.05) is 0 Å². The van der Waals surface area contributed by atoms with E-state index in [9.17, 15) is 0 Å². The van der Waals surface area contributed by atoms with E-state index in [0.29, 0.717) is 0 Å². The van der Waals surface area contributed by atoms with Crippen LogP contribution >= 0.6 is 45.3 Å². The minimum atomic E-state index is -1.92. The molecule has 0 bridgehead atoms. The molecule has 0 fully saturated rings. The molecule has 0 aliphatic heterocycles. The van der Waals surface area contributed by atoms with Crippen molar-refractivity contribution in [1.82, 2.24) is 0 Å². The molecule has 4 heterocycles.